The highest BCUT2D eigenvalue weighted by molar-refractivity contribution is 8.13. The highest BCUT2D eigenvalue weighted by atomic mass is 35.5. The monoisotopic (exact) mass is 333 g/mol. The number of hydrogen-bond acceptors (Lipinski definition) is 4. The van der Waals surface area contributed by atoms with Crippen LogP contribution in [0.25, 0.3) is 0 Å². The smallest absolute Gasteiger partial charge is 0.159 e. The fourth-order valence-electron chi connectivity index (χ4n) is 2.22. The van der Waals surface area contributed by atoms with E-state index in [2.05, 4.69) is 69.8 Å². The van der Waals surface area contributed by atoms with Crippen LogP contribution in [0.4, 0.5) is 0 Å². The number of nitrogens with zero attached hydrogens (tertiary/aromatic N) is 2. The van der Waals surface area contributed by atoms with Gasteiger partial charge in [-0.1, -0.05) is 72.4 Å². The number of rotatable bonds is 4. The van der Waals surface area contributed by atoms with Crippen molar-refractivity contribution >= 4 is 29.3 Å². The number of hydrogen-bond donors (Lipinski definition) is 1. The second-order valence-corrected chi connectivity index (χ2v) is 5.99. The van der Waals surface area contributed by atoms with E-state index < -0.39 is 0 Å². The van der Waals surface area contributed by atoms with Gasteiger partial charge in [-0.2, -0.15) is 0 Å². The van der Waals surface area contributed by atoms with Crippen LogP contribution in [0.5, 0.6) is 0 Å². The summed E-state index contributed by atoms with van der Waals surface area (Å²) < 4.78 is 0. The number of amidine groups is 1. The van der Waals surface area contributed by atoms with Crippen LogP contribution in [0.3, 0.4) is 0 Å². The maximum absolute atomic E-state index is 4.62. The Kier molecular flexibility index (Phi) is 6.77. The van der Waals surface area contributed by atoms with Crippen molar-refractivity contribution in [2.75, 3.05) is 13.3 Å². The molecular weight excluding hydrogens is 314 g/mol. The SMILES string of the molecule is Cl.c1ccc(CSC2=NCN(Cc3ccccc3)CN2)cc1. The van der Waals surface area contributed by atoms with Gasteiger partial charge in [-0.15, -0.1) is 12.4 Å². The largest absolute Gasteiger partial charge is 0.352 e. The zero-order valence-corrected chi connectivity index (χ0v) is 13.9. The van der Waals surface area contributed by atoms with Crippen molar-refractivity contribution in [3.05, 3.63) is 71.8 Å². The van der Waals surface area contributed by atoms with Crippen molar-refractivity contribution in [3.63, 3.8) is 0 Å². The highest BCUT2D eigenvalue weighted by Crippen LogP contribution is 2.15. The topological polar surface area (TPSA) is 27.6 Å². The van der Waals surface area contributed by atoms with Gasteiger partial charge in [0, 0.05) is 12.3 Å². The fraction of sp³-hybridized carbons (Fsp3) is 0.235. The van der Waals surface area contributed by atoms with E-state index in [4.69, 9.17) is 0 Å². The number of benzene rings is 2. The van der Waals surface area contributed by atoms with E-state index >= 15 is 0 Å². The Morgan fingerprint density at radius 3 is 2.18 bits per heavy atom. The summed E-state index contributed by atoms with van der Waals surface area (Å²) in [4.78, 5) is 6.91. The predicted octanol–water partition coefficient (Wildman–Crippen LogP) is 3.72. The zero-order valence-electron chi connectivity index (χ0n) is 12.3. The number of nitrogens with one attached hydrogen (secondary N) is 1. The lowest BCUT2D eigenvalue weighted by Gasteiger charge is -2.26. The Hall–Kier alpha value is -1.49. The lowest BCUT2D eigenvalue weighted by molar-refractivity contribution is 0.258. The van der Waals surface area contributed by atoms with E-state index in [1.54, 1.807) is 11.8 Å². The van der Waals surface area contributed by atoms with E-state index in [9.17, 15) is 0 Å². The fourth-order valence-corrected chi connectivity index (χ4v) is 3.03. The Bertz CT molecular complexity index is 589. The molecule has 116 valence electrons. The molecule has 0 saturated heterocycles. The molecule has 0 amide bonds. The molecule has 0 atom stereocenters. The summed E-state index contributed by atoms with van der Waals surface area (Å²) in [6.07, 6.45) is 0. The van der Waals surface area contributed by atoms with Crippen LogP contribution in [0.15, 0.2) is 65.7 Å². The standard InChI is InChI=1S/C17H19N3S.ClH/c1-3-7-15(8-4-1)11-20-13-18-17(19-14-20)21-12-16-9-5-2-6-10-16;/h1-10H,11-14H2,(H,18,19);1H. The third-order valence-corrected chi connectivity index (χ3v) is 4.36. The van der Waals surface area contributed by atoms with Crippen LogP contribution in [-0.2, 0) is 12.3 Å². The summed E-state index contributed by atoms with van der Waals surface area (Å²) in [6, 6.07) is 21.0. The third kappa shape index (κ3) is 5.05. The molecule has 0 bridgehead atoms. The first-order valence-electron chi connectivity index (χ1n) is 7.11. The summed E-state index contributed by atoms with van der Waals surface area (Å²) in [5.74, 6) is 0.964. The molecule has 0 aliphatic carbocycles. The van der Waals surface area contributed by atoms with Crippen LogP contribution in [0.1, 0.15) is 11.1 Å². The van der Waals surface area contributed by atoms with E-state index in [1.807, 2.05) is 6.07 Å². The Morgan fingerprint density at radius 1 is 0.955 bits per heavy atom. The molecule has 5 heteroatoms. The third-order valence-electron chi connectivity index (χ3n) is 3.34. The molecule has 0 unspecified atom stereocenters. The quantitative estimate of drug-likeness (QED) is 0.924. The van der Waals surface area contributed by atoms with E-state index in [0.717, 1.165) is 30.8 Å². The van der Waals surface area contributed by atoms with Crippen molar-refractivity contribution in [2.24, 2.45) is 4.99 Å². The van der Waals surface area contributed by atoms with Gasteiger partial charge < -0.3 is 5.32 Å². The van der Waals surface area contributed by atoms with Crippen molar-refractivity contribution < 1.29 is 0 Å². The van der Waals surface area contributed by atoms with Crippen LogP contribution >= 0.6 is 24.2 Å². The second kappa shape index (κ2) is 8.83. The lowest BCUT2D eigenvalue weighted by Crippen LogP contribution is -2.41. The molecule has 1 N–H and O–H groups in total. The first kappa shape index (κ1) is 16.9. The van der Waals surface area contributed by atoms with Crippen LogP contribution in [0.2, 0.25) is 0 Å². The molecule has 3 rings (SSSR count). The highest BCUT2D eigenvalue weighted by Gasteiger charge is 2.12. The average Bonchev–Trinajstić information content (AvgIpc) is 2.56. The summed E-state index contributed by atoms with van der Waals surface area (Å²) in [5.41, 5.74) is 2.66. The molecule has 2 aromatic rings. The van der Waals surface area contributed by atoms with Crippen molar-refractivity contribution in [2.45, 2.75) is 12.3 Å². The van der Waals surface area contributed by atoms with Crippen molar-refractivity contribution in [3.8, 4) is 0 Å². The second-order valence-electron chi connectivity index (χ2n) is 5.03. The molecule has 0 spiro atoms. The molecule has 0 radical (unpaired) electrons. The number of aliphatic imine (C=N–C) groups is 1. The Balaban J connectivity index is 0.00000176. The lowest BCUT2D eigenvalue weighted by atomic mass is 10.2. The predicted molar refractivity (Wildman–Crippen MR) is 97.3 cm³/mol. The molecule has 0 aromatic heterocycles. The van der Waals surface area contributed by atoms with E-state index in [1.165, 1.54) is 11.1 Å². The Morgan fingerprint density at radius 2 is 1.59 bits per heavy atom. The average molecular weight is 334 g/mol. The minimum absolute atomic E-state index is 0. The number of thioether (sulfide) groups is 1. The van der Waals surface area contributed by atoms with Crippen LogP contribution in [0, 0.1) is 0 Å². The first-order valence-corrected chi connectivity index (χ1v) is 8.10. The molecule has 1 aliphatic rings. The van der Waals surface area contributed by atoms with Crippen molar-refractivity contribution in [1.82, 2.24) is 10.2 Å². The minimum atomic E-state index is 0. The normalized spacial score (nSPS) is 14.6. The van der Waals surface area contributed by atoms with Gasteiger partial charge in [-0.3, -0.25) is 4.90 Å². The van der Waals surface area contributed by atoms with Crippen LogP contribution in [-0.4, -0.2) is 23.4 Å². The maximum atomic E-state index is 4.62. The molecule has 0 fully saturated rings. The summed E-state index contributed by atoms with van der Waals surface area (Å²) in [6.45, 7) is 2.56. The maximum Gasteiger partial charge on any atom is 0.159 e. The minimum Gasteiger partial charge on any atom is -0.352 e. The number of halogens is 1. The zero-order chi connectivity index (χ0) is 14.3. The molecule has 3 nitrogen and oxygen atoms in total. The van der Waals surface area contributed by atoms with Gasteiger partial charge in [-0.05, 0) is 11.1 Å². The van der Waals surface area contributed by atoms with Gasteiger partial charge in [0.2, 0.25) is 0 Å². The van der Waals surface area contributed by atoms with Gasteiger partial charge in [-0.25, -0.2) is 4.99 Å². The Labute approximate surface area is 142 Å². The molecule has 1 heterocycles. The van der Waals surface area contributed by atoms with Gasteiger partial charge in [0.05, 0.1) is 13.3 Å². The molecule has 22 heavy (non-hydrogen) atoms. The molecule has 0 saturated carbocycles. The first-order chi connectivity index (χ1) is 10.4. The van der Waals surface area contributed by atoms with Crippen molar-refractivity contribution in [1.29, 1.82) is 0 Å². The van der Waals surface area contributed by atoms with E-state index in [0.29, 0.717) is 0 Å². The summed E-state index contributed by atoms with van der Waals surface area (Å²) in [7, 11) is 0. The molecular formula is C17H20ClN3S. The molecule has 1 aliphatic heterocycles. The molecule has 2 aromatic carbocycles. The van der Waals surface area contributed by atoms with Gasteiger partial charge in [0.25, 0.3) is 0 Å². The van der Waals surface area contributed by atoms with Gasteiger partial charge in [0.15, 0.2) is 5.17 Å². The summed E-state index contributed by atoms with van der Waals surface area (Å²) in [5, 5.41) is 4.44. The van der Waals surface area contributed by atoms with E-state index in [-0.39, 0.29) is 12.4 Å². The summed E-state index contributed by atoms with van der Waals surface area (Å²) >= 11 is 1.77. The van der Waals surface area contributed by atoms with Gasteiger partial charge in [0.1, 0.15) is 0 Å². The van der Waals surface area contributed by atoms with Gasteiger partial charge >= 0.3 is 0 Å². The van der Waals surface area contributed by atoms with Crippen LogP contribution < -0.4 is 5.32 Å².